The Hall–Kier alpha value is -1.89. The van der Waals surface area contributed by atoms with Crippen LogP contribution in [0.2, 0.25) is 0 Å². The highest BCUT2D eigenvalue weighted by Gasteiger charge is 2.33. The van der Waals surface area contributed by atoms with E-state index in [1.807, 2.05) is 6.07 Å². The zero-order valence-electron chi connectivity index (χ0n) is 14.5. The van der Waals surface area contributed by atoms with E-state index in [2.05, 4.69) is 18.7 Å². The topological polar surface area (TPSA) is 85.5 Å². The second-order valence-electron chi connectivity index (χ2n) is 7.13. The molecular weight excluding hydrogens is 342 g/mol. The molecule has 1 aliphatic heterocycles. The molecule has 25 heavy (non-hydrogen) atoms. The molecule has 1 aromatic heterocycles. The molecule has 0 amide bonds. The zero-order valence-corrected chi connectivity index (χ0v) is 15.3. The standard InChI is InChI=1S/C18H23N3O3.ClH/c1-18(2)12-20(10-9-17(18)19)11-13-7-8-16(24-13)14-5-3-4-6-15(14)21(22)23;/h3-8,17H,9-12,19H2,1-2H3;1H. The maximum atomic E-state index is 11.2. The van der Waals surface area contributed by atoms with Gasteiger partial charge in [-0.05, 0) is 30.0 Å². The summed E-state index contributed by atoms with van der Waals surface area (Å²) in [6, 6.07) is 10.6. The van der Waals surface area contributed by atoms with Gasteiger partial charge in [-0.1, -0.05) is 26.0 Å². The molecule has 1 aliphatic rings. The molecular formula is C18H24ClN3O3. The predicted molar refractivity (Wildman–Crippen MR) is 99.7 cm³/mol. The molecule has 6 nitrogen and oxygen atoms in total. The third-order valence-electron chi connectivity index (χ3n) is 4.80. The first-order valence-corrected chi connectivity index (χ1v) is 8.17. The second-order valence-corrected chi connectivity index (χ2v) is 7.13. The highest BCUT2D eigenvalue weighted by atomic mass is 35.5. The first kappa shape index (κ1) is 19.4. The number of nitrogens with two attached hydrogens (primary N) is 1. The number of para-hydroxylation sites is 1. The van der Waals surface area contributed by atoms with E-state index < -0.39 is 0 Å². The fourth-order valence-electron chi connectivity index (χ4n) is 3.29. The van der Waals surface area contributed by atoms with Gasteiger partial charge in [-0.15, -0.1) is 12.4 Å². The number of nitrogens with zero attached hydrogens (tertiary/aromatic N) is 2. The summed E-state index contributed by atoms with van der Waals surface area (Å²) in [7, 11) is 0. The number of hydrogen-bond donors (Lipinski definition) is 1. The van der Waals surface area contributed by atoms with Crippen LogP contribution in [0.15, 0.2) is 40.8 Å². The number of halogens is 1. The molecule has 2 heterocycles. The molecule has 1 unspecified atom stereocenters. The van der Waals surface area contributed by atoms with Gasteiger partial charge in [0, 0.05) is 25.2 Å². The molecule has 1 atom stereocenters. The number of nitro groups is 1. The van der Waals surface area contributed by atoms with Gasteiger partial charge >= 0.3 is 0 Å². The molecule has 1 fully saturated rings. The average Bonchev–Trinajstić information content (AvgIpc) is 2.99. The van der Waals surface area contributed by atoms with Gasteiger partial charge in [-0.3, -0.25) is 15.0 Å². The van der Waals surface area contributed by atoms with E-state index in [1.54, 1.807) is 24.3 Å². The summed E-state index contributed by atoms with van der Waals surface area (Å²) < 4.78 is 5.88. The minimum atomic E-state index is -0.383. The van der Waals surface area contributed by atoms with E-state index in [4.69, 9.17) is 10.2 Å². The van der Waals surface area contributed by atoms with Gasteiger partial charge in [0.25, 0.3) is 5.69 Å². The van der Waals surface area contributed by atoms with Crippen molar-refractivity contribution in [2.75, 3.05) is 13.1 Å². The molecule has 1 aromatic carbocycles. The van der Waals surface area contributed by atoms with Crippen LogP contribution in [0.4, 0.5) is 5.69 Å². The molecule has 1 saturated heterocycles. The largest absolute Gasteiger partial charge is 0.459 e. The fraction of sp³-hybridized carbons (Fsp3) is 0.444. The lowest BCUT2D eigenvalue weighted by atomic mass is 9.80. The Morgan fingerprint density at radius 1 is 1.32 bits per heavy atom. The van der Waals surface area contributed by atoms with Gasteiger partial charge in [0.2, 0.25) is 0 Å². The van der Waals surface area contributed by atoms with Crippen LogP contribution in [-0.2, 0) is 6.54 Å². The van der Waals surface area contributed by atoms with Crippen LogP contribution in [-0.4, -0.2) is 29.0 Å². The number of rotatable bonds is 4. The number of nitro benzene ring substituents is 1. The van der Waals surface area contributed by atoms with Crippen LogP contribution in [0.5, 0.6) is 0 Å². The molecule has 0 spiro atoms. The molecule has 0 saturated carbocycles. The van der Waals surface area contributed by atoms with Gasteiger partial charge in [-0.2, -0.15) is 0 Å². The van der Waals surface area contributed by atoms with Gasteiger partial charge in [0.05, 0.1) is 17.0 Å². The van der Waals surface area contributed by atoms with Crippen molar-refractivity contribution in [2.45, 2.75) is 32.9 Å². The van der Waals surface area contributed by atoms with Gasteiger partial charge < -0.3 is 10.2 Å². The van der Waals surface area contributed by atoms with Crippen molar-refractivity contribution in [1.82, 2.24) is 4.90 Å². The minimum Gasteiger partial charge on any atom is -0.459 e. The first-order valence-electron chi connectivity index (χ1n) is 8.17. The molecule has 0 aliphatic carbocycles. The van der Waals surface area contributed by atoms with Crippen LogP contribution in [0, 0.1) is 15.5 Å². The van der Waals surface area contributed by atoms with Crippen LogP contribution >= 0.6 is 12.4 Å². The van der Waals surface area contributed by atoms with Crippen LogP contribution in [0.25, 0.3) is 11.3 Å². The Morgan fingerprint density at radius 3 is 2.72 bits per heavy atom. The van der Waals surface area contributed by atoms with Gasteiger partial charge in [0.15, 0.2) is 0 Å². The smallest absolute Gasteiger partial charge is 0.280 e. The Labute approximate surface area is 153 Å². The lowest BCUT2D eigenvalue weighted by Gasteiger charge is -2.42. The zero-order chi connectivity index (χ0) is 17.3. The van der Waals surface area contributed by atoms with E-state index in [0.29, 0.717) is 17.9 Å². The van der Waals surface area contributed by atoms with Crippen molar-refractivity contribution in [3.63, 3.8) is 0 Å². The summed E-state index contributed by atoms with van der Waals surface area (Å²) in [6.45, 7) is 6.91. The number of furan rings is 1. The van der Waals surface area contributed by atoms with E-state index in [-0.39, 0.29) is 34.5 Å². The summed E-state index contributed by atoms with van der Waals surface area (Å²) >= 11 is 0. The normalized spacial score (nSPS) is 20.0. The van der Waals surface area contributed by atoms with Crippen molar-refractivity contribution in [2.24, 2.45) is 11.1 Å². The molecule has 0 radical (unpaired) electrons. The van der Waals surface area contributed by atoms with Crippen molar-refractivity contribution in [3.05, 3.63) is 52.3 Å². The molecule has 2 aromatic rings. The van der Waals surface area contributed by atoms with E-state index in [1.165, 1.54) is 6.07 Å². The Kier molecular flexibility index (Phi) is 5.87. The molecule has 7 heteroatoms. The molecule has 0 bridgehead atoms. The highest BCUT2D eigenvalue weighted by molar-refractivity contribution is 5.85. The van der Waals surface area contributed by atoms with Crippen LogP contribution in [0.1, 0.15) is 26.0 Å². The third-order valence-corrected chi connectivity index (χ3v) is 4.80. The summed E-state index contributed by atoms with van der Waals surface area (Å²) in [5, 5.41) is 11.2. The van der Waals surface area contributed by atoms with Gasteiger partial charge in [-0.25, -0.2) is 0 Å². The van der Waals surface area contributed by atoms with E-state index in [9.17, 15) is 10.1 Å². The average molecular weight is 366 g/mol. The van der Waals surface area contributed by atoms with Crippen molar-refractivity contribution in [1.29, 1.82) is 0 Å². The lowest BCUT2D eigenvalue weighted by molar-refractivity contribution is -0.384. The first-order chi connectivity index (χ1) is 11.4. The summed E-state index contributed by atoms with van der Waals surface area (Å²) in [5.41, 5.74) is 6.82. The molecule has 136 valence electrons. The predicted octanol–water partition coefficient (Wildman–Crippen LogP) is 3.84. The Bertz CT molecular complexity index is 745. The highest BCUT2D eigenvalue weighted by Crippen LogP contribution is 2.32. The van der Waals surface area contributed by atoms with E-state index >= 15 is 0 Å². The number of benzene rings is 1. The quantitative estimate of drug-likeness (QED) is 0.657. The summed E-state index contributed by atoms with van der Waals surface area (Å²) in [4.78, 5) is 13.1. The maximum absolute atomic E-state index is 11.2. The molecule has 3 rings (SSSR count). The number of piperidine rings is 1. The number of hydrogen-bond acceptors (Lipinski definition) is 5. The minimum absolute atomic E-state index is 0. The maximum Gasteiger partial charge on any atom is 0.280 e. The second kappa shape index (κ2) is 7.56. The summed E-state index contributed by atoms with van der Waals surface area (Å²) in [6.07, 6.45) is 0.963. The van der Waals surface area contributed by atoms with Crippen molar-refractivity contribution >= 4 is 18.1 Å². The summed E-state index contributed by atoms with van der Waals surface area (Å²) in [5.74, 6) is 1.35. The Balaban J connectivity index is 0.00000225. The lowest BCUT2D eigenvalue weighted by Crippen LogP contribution is -2.51. The van der Waals surface area contributed by atoms with Crippen LogP contribution in [0.3, 0.4) is 0 Å². The fourth-order valence-corrected chi connectivity index (χ4v) is 3.29. The van der Waals surface area contributed by atoms with Crippen LogP contribution < -0.4 is 5.73 Å². The Morgan fingerprint density at radius 2 is 2.04 bits per heavy atom. The van der Waals surface area contributed by atoms with Crippen molar-refractivity contribution < 1.29 is 9.34 Å². The van der Waals surface area contributed by atoms with E-state index in [0.717, 1.165) is 25.3 Å². The van der Waals surface area contributed by atoms with Gasteiger partial charge in [0.1, 0.15) is 11.5 Å². The number of likely N-dealkylation sites (tertiary alicyclic amines) is 1. The van der Waals surface area contributed by atoms with Crippen molar-refractivity contribution in [3.8, 4) is 11.3 Å². The monoisotopic (exact) mass is 365 g/mol. The molecule has 2 N–H and O–H groups in total. The SMILES string of the molecule is CC1(C)CN(Cc2ccc(-c3ccccc3[N+](=O)[O-])o2)CCC1N.Cl. The third kappa shape index (κ3) is 4.21.